The second-order valence-corrected chi connectivity index (χ2v) is 5.90. The van der Waals surface area contributed by atoms with E-state index in [1.165, 1.54) is 18.5 Å². The van der Waals surface area contributed by atoms with Gasteiger partial charge in [-0.25, -0.2) is 0 Å². The molecule has 0 aliphatic carbocycles. The Kier molecular flexibility index (Phi) is 6.03. The number of hydrogen-bond acceptors (Lipinski definition) is 4. The fourth-order valence-electron chi connectivity index (χ4n) is 3.25. The van der Waals surface area contributed by atoms with Crippen molar-refractivity contribution in [3.8, 4) is 5.75 Å². The summed E-state index contributed by atoms with van der Waals surface area (Å²) < 4.78 is 5.83. The monoisotopic (exact) mass is 291 g/mol. The predicted molar refractivity (Wildman–Crippen MR) is 87.9 cm³/mol. The molecule has 0 aromatic heterocycles. The van der Waals surface area contributed by atoms with Gasteiger partial charge in [0.15, 0.2) is 0 Å². The highest BCUT2D eigenvalue weighted by Gasteiger charge is 2.30. The van der Waals surface area contributed by atoms with E-state index in [9.17, 15) is 0 Å². The van der Waals surface area contributed by atoms with Crippen molar-refractivity contribution in [3.63, 3.8) is 0 Å². The quantitative estimate of drug-likeness (QED) is 0.898. The first kappa shape index (κ1) is 16.3. The molecule has 21 heavy (non-hydrogen) atoms. The molecule has 2 rings (SSSR count). The summed E-state index contributed by atoms with van der Waals surface area (Å²) in [5.74, 6) is 1.000. The molecule has 4 nitrogen and oxygen atoms in total. The highest BCUT2D eigenvalue weighted by molar-refractivity contribution is 5.37. The first-order chi connectivity index (χ1) is 10.2. The summed E-state index contributed by atoms with van der Waals surface area (Å²) >= 11 is 0. The molecule has 118 valence electrons. The van der Waals surface area contributed by atoms with E-state index >= 15 is 0 Å². The Hall–Kier alpha value is -1.10. The maximum absolute atomic E-state index is 5.83. The minimum absolute atomic E-state index is 0.276. The standard InChI is InChI=1S/C17H29N3O/c1-5-21-16-10-7-6-9-14(16)17(18-2)15-13-19(3)11-8-12-20(15)4/h6-7,9-10,15,17-18H,5,8,11-13H2,1-4H3. The summed E-state index contributed by atoms with van der Waals surface area (Å²) in [7, 11) is 6.50. The van der Waals surface area contributed by atoms with Crippen molar-refractivity contribution in [2.45, 2.75) is 25.4 Å². The third kappa shape index (κ3) is 3.96. The number of nitrogens with one attached hydrogen (secondary N) is 1. The summed E-state index contributed by atoms with van der Waals surface area (Å²) in [6, 6.07) is 9.13. The minimum Gasteiger partial charge on any atom is -0.494 e. The molecule has 1 fully saturated rings. The van der Waals surface area contributed by atoms with Gasteiger partial charge in [-0.1, -0.05) is 18.2 Å². The average molecular weight is 291 g/mol. The summed E-state index contributed by atoms with van der Waals surface area (Å²) in [6.45, 7) is 6.13. The van der Waals surface area contributed by atoms with Gasteiger partial charge in [0.1, 0.15) is 5.75 Å². The van der Waals surface area contributed by atoms with Crippen LogP contribution < -0.4 is 10.1 Å². The van der Waals surface area contributed by atoms with Crippen LogP contribution in [0.15, 0.2) is 24.3 Å². The Morgan fingerprint density at radius 3 is 2.76 bits per heavy atom. The van der Waals surface area contributed by atoms with Gasteiger partial charge in [-0.05, 0) is 53.6 Å². The molecule has 0 amide bonds. The fraction of sp³-hybridized carbons (Fsp3) is 0.647. The molecular weight excluding hydrogens is 262 g/mol. The van der Waals surface area contributed by atoms with Crippen LogP contribution in [0.4, 0.5) is 0 Å². The van der Waals surface area contributed by atoms with Crippen molar-refractivity contribution in [2.75, 3.05) is 47.4 Å². The van der Waals surface area contributed by atoms with Gasteiger partial charge < -0.3 is 19.9 Å². The van der Waals surface area contributed by atoms with Gasteiger partial charge in [0, 0.05) is 18.2 Å². The Bertz CT molecular complexity index is 438. The molecule has 1 aliphatic heterocycles. The van der Waals surface area contributed by atoms with Crippen LogP contribution in [0, 0.1) is 0 Å². The van der Waals surface area contributed by atoms with Crippen molar-refractivity contribution in [2.24, 2.45) is 0 Å². The van der Waals surface area contributed by atoms with Crippen LogP contribution in [0.2, 0.25) is 0 Å². The van der Waals surface area contributed by atoms with Crippen LogP contribution in [0.3, 0.4) is 0 Å². The topological polar surface area (TPSA) is 27.7 Å². The van der Waals surface area contributed by atoms with Crippen LogP contribution in [-0.2, 0) is 0 Å². The molecule has 1 N–H and O–H groups in total. The van der Waals surface area contributed by atoms with E-state index in [1.807, 2.05) is 20.0 Å². The fourth-order valence-corrected chi connectivity index (χ4v) is 3.25. The lowest BCUT2D eigenvalue weighted by molar-refractivity contribution is 0.180. The van der Waals surface area contributed by atoms with Crippen molar-refractivity contribution in [3.05, 3.63) is 29.8 Å². The number of hydrogen-bond donors (Lipinski definition) is 1. The van der Waals surface area contributed by atoms with Gasteiger partial charge in [0.25, 0.3) is 0 Å². The Labute approximate surface area is 129 Å². The zero-order valence-electron chi connectivity index (χ0n) is 13.8. The maximum atomic E-state index is 5.83. The van der Waals surface area contributed by atoms with Crippen LogP contribution in [-0.4, -0.2) is 63.2 Å². The molecule has 1 aliphatic rings. The van der Waals surface area contributed by atoms with E-state index in [0.717, 1.165) is 18.8 Å². The lowest BCUT2D eigenvalue weighted by atomic mass is 9.97. The van der Waals surface area contributed by atoms with E-state index in [4.69, 9.17) is 4.74 Å². The molecular formula is C17H29N3O. The number of para-hydroxylation sites is 1. The zero-order valence-corrected chi connectivity index (χ0v) is 13.8. The molecule has 2 unspecified atom stereocenters. The van der Waals surface area contributed by atoms with Crippen LogP contribution in [0.25, 0.3) is 0 Å². The Morgan fingerprint density at radius 2 is 2.05 bits per heavy atom. The summed E-state index contributed by atoms with van der Waals surface area (Å²) in [5, 5.41) is 3.52. The number of rotatable bonds is 5. The van der Waals surface area contributed by atoms with E-state index in [2.05, 4.69) is 47.4 Å². The Morgan fingerprint density at radius 1 is 1.29 bits per heavy atom. The van der Waals surface area contributed by atoms with Gasteiger partial charge in [0.05, 0.1) is 12.6 Å². The van der Waals surface area contributed by atoms with Crippen molar-refractivity contribution in [1.29, 1.82) is 0 Å². The van der Waals surface area contributed by atoms with Gasteiger partial charge in [-0.15, -0.1) is 0 Å². The van der Waals surface area contributed by atoms with Gasteiger partial charge >= 0.3 is 0 Å². The molecule has 2 atom stereocenters. The second kappa shape index (κ2) is 7.78. The van der Waals surface area contributed by atoms with Gasteiger partial charge in [-0.3, -0.25) is 0 Å². The summed E-state index contributed by atoms with van der Waals surface area (Å²) in [4.78, 5) is 4.91. The lowest BCUT2D eigenvalue weighted by Gasteiger charge is -2.35. The van der Waals surface area contributed by atoms with Crippen molar-refractivity contribution < 1.29 is 4.74 Å². The molecule has 1 saturated heterocycles. The number of ether oxygens (including phenoxy) is 1. The van der Waals surface area contributed by atoms with E-state index < -0.39 is 0 Å². The molecule has 0 spiro atoms. The Balaban J connectivity index is 2.29. The van der Waals surface area contributed by atoms with Crippen LogP contribution in [0.1, 0.15) is 24.9 Å². The predicted octanol–water partition coefficient (Wildman–Crippen LogP) is 1.98. The summed E-state index contributed by atoms with van der Waals surface area (Å²) in [6.07, 6.45) is 1.23. The highest BCUT2D eigenvalue weighted by atomic mass is 16.5. The molecule has 4 heteroatoms. The van der Waals surface area contributed by atoms with E-state index in [0.29, 0.717) is 12.6 Å². The SMILES string of the molecule is CCOc1ccccc1C(NC)C1CN(C)CCCN1C. The maximum Gasteiger partial charge on any atom is 0.124 e. The average Bonchev–Trinajstić information content (AvgIpc) is 2.64. The minimum atomic E-state index is 0.276. The van der Waals surface area contributed by atoms with Gasteiger partial charge in [0.2, 0.25) is 0 Å². The normalized spacial score (nSPS) is 22.8. The third-order valence-corrected chi connectivity index (χ3v) is 4.37. The highest BCUT2D eigenvalue weighted by Crippen LogP contribution is 2.30. The van der Waals surface area contributed by atoms with Crippen LogP contribution >= 0.6 is 0 Å². The largest absolute Gasteiger partial charge is 0.494 e. The number of likely N-dealkylation sites (N-methyl/N-ethyl adjacent to an activating group) is 3. The molecule has 0 radical (unpaired) electrons. The third-order valence-electron chi connectivity index (χ3n) is 4.37. The van der Waals surface area contributed by atoms with Crippen molar-refractivity contribution >= 4 is 0 Å². The summed E-state index contributed by atoms with van der Waals surface area (Å²) in [5.41, 5.74) is 1.26. The smallest absolute Gasteiger partial charge is 0.124 e. The molecule has 1 heterocycles. The number of nitrogens with zero attached hydrogens (tertiary/aromatic N) is 2. The molecule has 1 aromatic carbocycles. The number of benzene rings is 1. The first-order valence-electron chi connectivity index (χ1n) is 7.95. The van der Waals surface area contributed by atoms with Crippen molar-refractivity contribution in [1.82, 2.24) is 15.1 Å². The zero-order chi connectivity index (χ0) is 15.2. The molecule has 0 saturated carbocycles. The van der Waals surface area contributed by atoms with E-state index in [1.54, 1.807) is 0 Å². The van der Waals surface area contributed by atoms with E-state index in [-0.39, 0.29) is 6.04 Å². The second-order valence-electron chi connectivity index (χ2n) is 5.90. The first-order valence-corrected chi connectivity index (χ1v) is 7.95. The van der Waals surface area contributed by atoms with Gasteiger partial charge in [-0.2, -0.15) is 0 Å². The molecule has 1 aromatic rings. The van der Waals surface area contributed by atoms with Crippen LogP contribution in [0.5, 0.6) is 5.75 Å². The lowest BCUT2D eigenvalue weighted by Crippen LogP contribution is -2.46. The molecule has 0 bridgehead atoms.